The number of carboxylic acid groups (broad SMARTS) is 1. The number of anilines is 1. The van der Waals surface area contributed by atoms with E-state index in [0.29, 0.717) is 0 Å². The van der Waals surface area contributed by atoms with Gasteiger partial charge in [-0.3, -0.25) is 4.79 Å². The lowest BCUT2D eigenvalue weighted by molar-refractivity contribution is -0.150. The van der Waals surface area contributed by atoms with Crippen molar-refractivity contribution >= 4 is 17.7 Å². The van der Waals surface area contributed by atoms with Crippen LogP contribution in [0.1, 0.15) is 27.7 Å². The predicted molar refractivity (Wildman–Crippen MR) is 74.0 cm³/mol. The molecule has 0 aliphatic carbocycles. The largest absolute Gasteiger partial charge is 0.481 e. The number of hydrogen-bond acceptors (Lipinski definition) is 2. The third-order valence-corrected chi connectivity index (χ3v) is 3.70. The van der Waals surface area contributed by atoms with Gasteiger partial charge in [-0.05, 0) is 39.8 Å². The lowest BCUT2D eigenvalue weighted by atomic mass is 9.74. The van der Waals surface area contributed by atoms with Crippen molar-refractivity contribution < 1.29 is 23.5 Å². The first kappa shape index (κ1) is 16.9. The average molecular weight is 300 g/mol. The third-order valence-electron chi connectivity index (χ3n) is 3.70. The highest BCUT2D eigenvalue weighted by molar-refractivity contribution is 5.90. The molecule has 1 aromatic carbocycles. The van der Waals surface area contributed by atoms with E-state index in [1.165, 1.54) is 19.9 Å². The van der Waals surface area contributed by atoms with Crippen LogP contribution in [-0.4, -0.2) is 22.6 Å². The van der Waals surface area contributed by atoms with Crippen LogP contribution >= 0.6 is 0 Å². The number of carboxylic acids is 1. The molecule has 116 valence electrons. The van der Waals surface area contributed by atoms with Gasteiger partial charge in [0.05, 0.1) is 11.0 Å². The number of aliphatic carboxylic acids is 1. The van der Waals surface area contributed by atoms with Crippen LogP contribution < -0.4 is 10.6 Å². The van der Waals surface area contributed by atoms with E-state index in [0.717, 1.165) is 12.1 Å². The number of amides is 2. The zero-order valence-corrected chi connectivity index (χ0v) is 12.3. The van der Waals surface area contributed by atoms with Crippen LogP contribution in [0.3, 0.4) is 0 Å². The van der Waals surface area contributed by atoms with Gasteiger partial charge in [0.15, 0.2) is 11.6 Å². The van der Waals surface area contributed by atoms with Crippen molar-refractivity contribution in [1.82, 2.24) is 5.32 Å². The second-order valence-electron chi connectivity index (χ2n) is 5.76. The fraction of sp³-hybridized carbons (Fsp3) is 0.429. The van der Waals surface area contributed by atoms with Crippen LogP contribution in [0.4, 0.5) is 19.3 Å². The topological polar surface area (TPSA) is 78.4 Å². The van der Waals surface area contributed by atoms with Crippen LogP contribution in [0.25, 0.3) is 0 Å². The molecule has 2 amide bonds. The summed E-state index contributed by atoms with van der Waals surface area (Å²) < 4.78 is 25.8. The first-order valence-electron chi connectivity index (χ1n) is 6.25. The van der Waals surface area contributed by atoms with Crippen molar-refractivity contribution in [1.29, 1.82) is 0 Å². The maximum absolute atomic E-state index is 13.0. The van der Waals surface area contributed by atoms with Gasteiger partial charge in [0.2, 0.25) is 0 Å². The van der Waals surface area contributed by atoms with Crippen LogP contribution in [0.5, 0.6) is 0 Å². The summed E-state index contributed by atoms with van der Waals surface area (Å²) in [6.07, 6.45) is 0. The zero-order chi connectivity index (χ0) is 16.4. The van der Waals surface area contributed by atoms with Crippen LogP contribution in [0, 0.1) is 17.0 Å². The molecule has 0 saturated carbocycles. The molecule has 0 spiro atoms. The first-order chi connectivity index (χ1) is 9.47. The Morgan fingerprint density at radius 3 is 2.14 bits per heavy atom. The fourth-order valence-corrected chi connectivity index (χ4v) is 1.44. The summed E-state index contributed by atoms with van der Waals surface area (Å²) in [5.74, 6) is -3.17. The Labute approximate surface area is 121 Å². The highest BCUT2D eigenvalue weighted by atomic mass is 19.2. The van der Waals surface area contributed by atoms with E-state index in [1.54, 1.807) is 13.8 Å². The Morgan fingerprint density at radius 1 is 1.10 bits per heavy atom. The summed E-state index contributed by atoms with van der Waals surface area (Å²) in [6, 6.07) is 2.22. The molecule has 7 heteroatoms. The Kier molecular flexibility index (Phi) is 4.56. The van der Waals surface area contributed by atoms with E-state index in [9.17, 15) is 23.5 Å². The number of nitrogens with one attached hydrogen (secondary N) is 2. The molecule has 0 atom stereocenters. The minimum Gasteiger partial charge on any atom is -0.481 e. The average Bonchev–Trinajstić information content (AvgIpc) is 2.32. The van der Waals surface area contributed by atoms with E-state index in [2.05, 4.69) is 10.6 Å². The molecule has 1 rings (SSSR count). The number of hydrogen-bond donors (Lipinski definition) is 3. The lowest BCUT2D eigenvalue weighted by Gasteiger charge is -2.38. The molecule has 0 bridgehead atoms. The summed E-state index contributed by atoms with van der Waals surface area (Å²) in [4.78, 5) is 23.1. The molecule has 3 N–H and O–H groups in total. The van der Waals surface area contributed by atoms with Gasteiger partial charge in [0.25, 0.3) is 0 Å². The van der Waals surface area contributed by atoms with Crippen molar-refractivity contribution in [2.24, 2.45) is 5.41 Å². The number of halogens is 2. The van der Waals surface area contributed by atoms with E-state index >= 15 is 0 Å². The van der Waals surface area contributed by atoms with Crippen molar-refractivity contribution in [2.45, 2.75) is 33.2 Å². The minimum absolute atomic E-state index is 0.0651. The highest BCUT2D eigenvalue weighted by Gasteiger charge is 2.44. The van der Waals surface area contributed by atoms with Gasteiger partial charge in [0.1, 0.15) is 0 Å². The molecule has 0 aliphatic heterocycles. The predicted octanol–water partition coefficient (Wildman–Crippen LogP) is 2.98. The Morgan fingerprint density at radius 2 is 1.67 bits per heavy atom. The summed E-state index contributed by atoms with van der Waals surface area (Å²) in [7, 11) is 0. The maximum atomic E-state index is 13.0. The Hall–Kier alpha value is -2.18. The van der Waals surface area contributed by atoms with Crippen LogP contribution in [-0.2, 0) is 4.79 Å². The van der Waals surface area contributed by atoms with Crippen molar-refractivity contribution in [3.05, 3.63) is 29.8 Å². The smallest absolute Gasteiger partial charge is 0.319 e. The normalized spacial score (nSPS) is 11.9. The monoisotopic (exact) mass is 300 g/mol. The van der Waals surface area contributed by atoms with Crippen LogP contribution in [0.2, 0.25) is 0 Å². The number of carbonyl (C=O) groups is 2. The second kappa shape index (κ2) is 5.67. The van der Waals surface area contributed by atoms with Gasteiger partial charge in [-0.1, -0.05) is 0 Å². The van der Waals surface area contributed by atoms with Gasteiger partial charge in [-0.15, -0.1) is 0 Å². The zero-order valence-electron chi connectivity index (χ0n) is 12.3. The van der Waals surface area contributed by atoms with Crippen LogP contribution in [0.15, 0.2) is 18.2 Å². The third kappa shape index (κ3) is 3.68. The van der Waals surface area contributed by atoms with E-state index < -0.39 is 34.6 Å². The second-order valence-corrected chi connectivity index (χ2v) is 5.76. The van der Waals surface area contributed by atoms with E-state index in [4.69, 9.17) is 0 Å². The fourth-order valence-electron chi connectivity index (χ4n) is 1.44. The molecule has 0 aliphatic rings. The van der Waals surface area contributed by atoms with Gasteiger partial charge >= 0.3 is 12.0 Å². The molecule has 0 aromatic heterocycles. The molecule has 5 nitrogen and oxygen atoms in total. The molecule has 0 saturated heterocycles. The molecule has 0 heterocycles. The SMILES string of the molecule is CC(C)(NC(=O)Nc1ccc(F)c(F)c1)C(C)(C)C(=O)O. The maximum Gasteiger partial charge on any atom is 0.319 e. The summed E-state index contributed by atoms with van der Waals surface area (Å²) >= 11 is 0. The van der Waals surface area contributed by atoms with Gasteiger partial charge < -0.3 is 15.7 Å². The van der Waals surface area contributed by atoms with Crippen molar-refractivity contribution in [3.8, 4) is 0 Å². The van der Waals surface area contributed by atoms with Crippen molar-refractivity contribution in [3.63, 3.8) is 0 Å². The minimum atomic E-state index is -1.22. The lowest BCUT2D eigenvalue weighted by Crippen LogP contribution is -2.57. The van der Waals surface area contributed by atoms with Crippen molar-refractivity contribution in [2.75, 3.05) is 5.32 Å². The quantitative estimate of drug-likeness (QED) is 0.800. The highest BCUT2D eigenvalue weighted by Crippen LogP contribution is 2.30. The summed E-state index contributed by atoms with van der Waals surface area (Å²) in [5, 5.41) is 14.0. The van der Waals surface area contributed by atoms with Gasteiger partial charge in [-0.25, -0.2) is 13.6 Å². The molecular weight excluding hydrogens is 282 g/mol. The number of benzene rings is 1. The number of rotatable bonds is 4. The first-order valence-corrected chi connectivity index (χ1v) is 6.25. The van der Waals surface area contributed by atoms with E-state index in [1.807, 2.05) is 0 Å². The number of urea groups is 1. The molecular formula is C14H18F2N2O3. The van der Waals surface area contributed by atoms with Gasteiger partial charge in [0, 0.05) is 11.8 Å². The van der Waals surface area contributed by atoms with E-state index in [-0.39, 0.29) is 5.69 Å². The molecule has 21 heavy (non-hydrogen) atoms. The standard InChI is InChI=1S/C14H18F2N2O3/c1-13(2,11(19)20)14(3,4)18-12(21)17-8-5-6-9(15)10(16)7-8/h5-7H,1-4H3,(H,19,20)(H2,17,18,21). The Balaban J connectivity index is 2.81. The molecule has 0 fully saturated rings. The molecule has 0 radical (unpaired) electrons. The molecule has 1 aromatic rings. The van der Waals surface area contributed by atoms with Gasteiger partial charge in [-0.2, -0.15) is 0 Å². The summed E-state index contributed by atoms with van der Waals surface area (Å²) in [6.45, 7) is 6.08. The Bertz CT molecular complexity index is 571. The summed E-state index contributed by atoms with van der Waals surface area (Å²) in [5.41, 5.74) is -2.23. The number of carbonyl (C=O) groups excluding carboxylic acids is 1. The molecule has 0 unspecified atom stereocenters.